The van der Waals surface area contributed by atoms with Crippen LogP contribution in [0.4, 0.5) is 0 Å². The van der Waals surface area contributed by atoms with Crippen LogP contribution >= 0.6 is 0 Å². The minimum absolute atomic E-state index is 0.127. The largest absolute Gasteiger partial charge is 0.354 e. The maximum absolute atomic E-state index is 11.9. The number of carbonyl (C=O) groups is 1. The monoisotopic (exact) mass is 250 g/mol. The molecule has 0 spiro atoms. The molecule has 0 aromatic carbocycles. The molecule has 0 bridgehead atoms. The molecule has 0 aromatic rings. The van der Waals surface area contributed by atoms with E-state index in [4.69, 9.17) is 5.26 Å². The molecule has 1 saturated carbocycles. The van der Waals surface area contributed by atoms with Gasteiger partial charge < -0.3 is 5.32 Å². The minimum Gasteiger partial charge on any atom is -0.354 e. The first-order valence-electron chi connectivity index (χ1n) is 6.99. The van der Waals surface area contributed by atoms with Gasteiger partial charge in [-0.2, -0.15) is 5.26 Å². The molecule has 0 saturated heterocycles. The van der Waals surface area contributed by atoms with Gasteiger partial charge >= 0.3 is 0 Å². The lowest BCUT2D eigenvalue weighted by atomic mass is 9.71. The topological polar surface area (TPSA) is 52.9 Å². The van der Waals surface area contributed by atoms with Gasteiger partial charge in [-0.05, 0) is 38.0 Å². The summed E-state index contributed by atoms with van der Waals surface area (Å²) in [5.41, 5.74) is -0.801. The Hall–Kier alpha value is -1.04. The lowest BCUT2D eigenvalue weighted by Crippen LogP contribution is -2.43. The van der Waals surface area contributed by atoms with E-state index in [1.807, 2.05) is 6.07 Å². The summed E-state index contributed by atoms with van der Waals surface area (Å²) in [5, 5.41) is 11.9. The average molecular weight is 250 g/mol. The highest BCUT2D eigenvalue weighted by Crippen LogP contribution is 2.37. The quantitative estimate of drug-likeness (QED) is 0.832. The predicted octanol–water partition coefficient (Wildman–Crippen LogP) is 3.26. The van der Waals surface area contributed by atoms with E-state index in [0.29, 0.717) is 12.5 Å². The van der Waals surface area contributed by atoms with Gasteiger partial charge in [0.15, 0.2) is 0 Å². The number of nitrogens with zero attached hydrogens (tertiary/aromatic N) is 1. The molecule has 3 heteroatoms. The van der Waals surface area contributed by atoms with E-state index < -0.39 is 5.41 Å². The molecule has 0 atom stereocenters. The number of amides is 1. The molecule has 0 aliphatic heterocycles. The molecule has 1 N–H and O–H groups in total. The molecule has 1 amide bonds. The van der Waals surface area contributed by atoms with Gasteiger partial charge in [-0.15, -0.1) is 0 Å². The first-order valence-corrected chi connectivity index (χ1v) is 6.99. The summed E-state index contributed by atoms with van der Waals surface area (Å²) in [5.74, 6) is 0.533. The number of nitriles is 1. The van der Waals surface area contributed by atoms with E-state index in [9.17, 15) is 4.79 Å². The minimum atomic E-state index is -0.928. The van der Waals surface area contributed by atoms with Crippen LogP contribution in [-0.4, -0.2) is 12.5 Å². The number of nitrogens with one attached hydrogen (secondary N) is 1. The Morgan fingerprint density at radius 3 is 2.28 bits per heavy atom. The van der Waals surface area contributed by atoms with Crippen molar-refractivity contribution in [2.75, 3.05) is 6.54 Å². The molecule has 1 aliphatic rings. The van der Waals surface area contributed by atoms with Crippen molar-refractivity contribution in [3.63, 3.8) is 0 Å². The van der Waals surface area contributed by atoms with E-state index in [1.54, 1.807) is 13.8 Å². The highest BCUT2D eigenvalue weighted by Gasteiger charge is 2.33. The van der Waals surface area contributed by atoms with E-state index in [2.05, 4.69) is 19.2 Å². The molecule has 1 aliphatic carbocycles. The fourth-order valence-corrected chi connectivity index (χ4v) is 2.61. The van der Waals surface area contributed by atoms with Crippen LogP contribution in [0.3, 0.4) is 0 Å². The van der Waals surface area contributed by atoms with Crippen LogP contribution in [0, 0.1) is 28.1 Å². The third-order valence-corrected chi connectivity index (χ3v) is 4.26. The van der Waals surface area contributed by atoms with Crippen LogP contribution in [0.15, 0.2) is 0 Å². The zero-order valence-electron chi connectivity index (χ0n) is 12.2. The molecule has 0 unspecified atom stereocenters. The molecule has 1 fully saturated rings. The summed E-state index contributed by atoms with van der Waals surface area (Å²) >= 11 is 0. The zero-order valence-corrected chi connectivity index (χ0v) is 12.2. The summed E-state index contributed by atoms with van der Waals surface area (Å²) in [6, 6.07) is 2.04. The van der Waals surface area contributed by atoms with Crippen molar-refractivity contribution in [2.24, 2.45) is 16.7 Å². The number of rotatable bonds is 4. The number of hydrogen-bond acceptors (Lipinski definition) is 2. The van der Waals surface area contributed by atoms with Gasteiger partial charge in [-0.1, -0.05) is 33.1 Å². The number of hydrogen-bond donors (Lipinski definition) is 1. The highest BCUT2D eigenvalue weighted by molar-refractivity contribution is 5.84. The Balaban J connectivity index is 2.51. The molecule has 3 nitrogen and oxygen atoms in total. The van der Waals surface area contributed by atoms with Crippen LogP contribution in [0.1, 0.15) is 59.8 Å². The second-order valence-corrected chi connectivity index (χ2v) is 6.74. The molecule has 102 valence electrons. The Morgan fingerprint density at radius 1 is 1.22 bits per heavy atom. The van der Waals surface area contributed by atoms with Gasteiger partial charge in [0.25, 0.3) is 0 Å². The Morgan fingerprint density at radius 2 is 1.78 bits per heavy atom. The zero-order chi connectivity index (χ0) is 13.8. The summed E-state index contributed by atoms with van der Waals surface area (Å²) in [7, 11) is 0. The van der Waals surface area contributed by atoms with Crippen molar-refractivity contribution in [1.82, 2.24) is 5.32 Å². The maximum atomic E-state index is 11.9. The van der Waals surface area contributed by atoms with Gasteiger partial charge in [-0.25, -0.2) is 0 Å². The first-order chi connectivity index (χ1) is 8.29. The van der Waals surface area contributed by atoms with Crippen molar-refractivity contribution >= 4 is 5.91 Å². The van der Waals surface area contributed by atoms with Gasteiger partial charge in [0.2, 0.25) is 5.91 Å². The second-order valence-electron chi connectivity index (χ2n) is 6.74. The van der Waals surface area contributed by atoms with Crippen molar-refractivity contribution in [3.05, 3.63) is 0 Å². The van der Waals surface area contributed by atoms with Gasteiger partial charge in [0.05, 0.1) is 6.07 Å². The van der Waals surface area contributed by atoms with E-state index in [0.717, 1.165) is 0 Å². The fourth-order valence-electron chi connectivity index (χ4n) is 2.61. The summed E-state index contributed by atoms with van der Waals surface area (Å²) in [6.07, 6.45) is 6.51. The third-order valence-electron chi connectivity index (χ3n) is 4.26. The van der Waals surface area contributed by atoms with Gasteiger partial charge in [-0.3, -0.25) is 4.79 Å². The van der Waals surface area contributed by atoms with Crippen LogP contribution < -0.4 is 5.32 Å². The summed E-state index contributed by atoms with van der Waals surface area (Å²) in [6.45, 7) is 8.44. The van der Waals surface area contributed by atoms with Crippen molar-refractivity contribution in [1.29, 1.82) is 5.26 Å². The molecular weight excluding hydrogens is 224 g/mol. The third kappa shape index (κ3) is 3.73. The molecule has 0 radical (unpaired) electrons. The Bertz CT molecular complexity index is 333. The van der Waals surface area contributed by atoms with Crippen LogP contribution in [0.2, 0.25) is 0 Å². The van der Waals surface area contributed by atoms with Crippen molar-refractivity contribution < 1.29 is 4.79 Å². The standard InChI is InChI=1S/C15H26N2O/c1-14(2,10-16)13(18)17-11-15(3,4)12-8-6-5-7-9-12/h12H,5-9,11H2,1-4H3,(H,17,18). The van der Waals surface area contributed by atoms with Crippen molar-refractivity contribution in [2.45, 2.75) is 59.8 Å². The SMILES string of the molecule is CC(C)(C#N)C(=O)NCC(C)(C)C1CCCCC1. The fraction of sp³-hybridized carbons (Fsp3) is 0.867. The predicted molar refractivity (Wildman–Crippen MR) is 72.8 cm³/mol. The van der Waals surface area contributed by atoms with Crippen LogP contribution in [0.25, 0.3) is 0 Å². The van der Waals surface area contributed by atoms with E-state index >= 15 is 0 Å². The Kier molecular flexibility index (Phi) is 4.78. The highest BCUT2D eigenvalue weighted by atomic mass is 16.2. The average Bonchev–Trinajstić information content (AvgIpc) is 2.37. The maximum Gasteiger partial charge on any atom is 0.239 e. The summed E-state index contributed by atoms with van der Waals surface area (Å²) < 4.78 is 0. The lowest BCUT2D eigenvalue weighted by molar-refractivity contribution is -0.127. The Labute approximate surface area is 111 Å². The van der Waals surface area contributed by atoms with Gasteiger partial charge in [0.1, 0.15) is 5.41 Å². The molecule has 0 heterocycles. The molecule has 0 aromatic heterocycles. The van der Waals surface area contributed by atoms with Crippen molar-refractivity contribution in [3.8, 4) is 6.07 Å². The molecule has 1 rings (SSSR count). The smallest absolute Gasteiger partial charge is 0.239 e. The first kappa shape index (κ1) is 15.0. The number of carbonyl (C=O) groups excluding carboxylic acids is 1. The second kappa shape index (κ2) is 5.73. The normalized spacial score (nSPS) is 18.2. The van der Waals surface area contributed by atoms with E-state index in [-0.39, 0.29) is 11.3 Å². The van der Waals surface area contributed by atoms with Crippen LogP contribution in [-0.2, 0) is 4.79 Å². The molecule has 18 heavy (non-hydrogen) atoms. The van der Waals surface area contributed by atoms with Crippen LogP contribution in [0.5, 0.6) is 0 Å². The van der Waals surface area contributed by atoms with E-state index in [1.165, 1.54) is 32.1 Å². The summed E-state index contributed by atoms with van der Waals surface area (Å²) in [4.78, 5) is 11.9. The molecular formula is C15H26N2O. The lowest BCUT2D eigenvalue weighted by Gasteiger charge is -2.37. The van der Waals surface area contributed by atoms with Gasteiger partial charge in [0, 0.05) is 6.54 Å².